The Labute approximate surface area is 132 Å². The molecule has 0 spiro atoms. The number of hydrogen-bond acceptors (Lipinski definition) is 3. The van der Waals surface area contributed by atoms with Crippen LogP contribution in [0.5, 0.6) is 5.75 Å². The molecule has 120 valence electrons. The predicted molar refractivity (Wildman–Crippen MR) is 91.6 cm³/mol. The third kappa shape index (κ3) is 3.45. The van der Waals surface area contributed by atoms with Gasteiger partial charge < -0.3 is 19.9 Å². The van der Waals surface area contributed by atoms with E-state index in [-0.39, 0.29) is 0 Å². The summed E-state index contributed by atoms with van der Waals surface area (Å²) in [4.78, 5) is 0. The molecule has 2 aromatic rings. The Kier molecular flexibility index (Phi) is 5.01. The van der Waals surface area contributed by atoms with Gasteiger partial charge in [0, 0.05) is 24.1 Å². The molecule has 1 aromatic heterocycles. The van der Waals surface area contributed by atoms with Crippen LogP contribution in [0.3, 0.4) is 0 Å². The molecule has 4 nitrogen and oxygen atoms in total. The van der Waals surface area contributed by atoms with Gasteiger partial charge in [0.1, 0.15) is 5.75 Å². The number of piperidine rings is 1. The summed E-state index contributed by atoms with van der Waals surface area (Å²) in [7, 11) is 3.84. The minimum atomic E-state index is 0.842. The van der Waals surface area contributed by atoms with Crippen LogP contribution in [-0.2, 0) is 13.5 Å². The number of nitrogens with one attached hydrogen (secondary N) is 2. The van der Waals surface area contributed by atoms with Gasteiger partial charge in [-0.15, -0.1) is 0 Å². The first-order chi connectivity index (χ1) is 10.8. The first-order valence-electron chi connectivity index (χ1n) is 8.31. The first kappa shape index (κ1) is 15.4. The third-order valence-corrected chi connectivity index (χ3v) is 4.74. The van der Waals surface area contributed by atoms with E-state index >= 15 is 0 Å². The van der Waals surface area contributed by atoms with Crippen LogP contribution in [0.2, 0.25) is 0 Å². The van der Waals surface area contributed by atoms with Gasteiger partial charge in [0.25, 0.3) is 0 Å². The van der Waals surface area contributed by atoms with Crippen molar-refractivity contribution in [1.82, 2.24) is 15.2 Å². The first-order valence-corrected chi connectivity index (χ1v) is 8.31. The van der Waals surface area contributed by atoms with E-state index in [1.165, 1.54) is 42.4 Å². The predicted octanol–water partition coefficient (Wildman–Crippen LogP) is 2.32. The molecule has 1 aliphatic rings. The van der Waals surface area contributed by atoms with E-state index in [2.05, 4.69) is 40.6 Å². The van der Waals surface area contributed by atoms with E-state index in [9.17, 15) is 0 Å². The molecule has 1 aromatic carbocycles. The van der Waals surface area contributed by atoms with E-state index in [1.807, 2.05) is 6.07 Å². The Morgan fingerprint density at radius 1 is 1.32 bits per heavy atom. The molecule has 0 radical (unpaired) electrons. The Hall–Kier alpha value is -1.52. The van der Waals surface area contributed by atoms with E-state index in [4.69, 9.17) is 4.74 Å². The van der Waals surface area contributed by atoms with Crippen LogP contribution in [-0.4, -0.2) is 37.9 Å². The van der Waals surface area contributed by atoms with Gasteiger partial charge in [-0.05, 0) is 75.1 Å². The van der Waals surface area contributed by atoms with Gasteiger partial charge in [-0.3, -0.25) is 0 Å². The number of aromatic nitrogens is 1. The molecule has 3 rings (SSSR count). The summed E-state index contributed by atoms with van der Waals surface area (Å²) >= 11 is 0. The lowest BCUT2D eigenvalue weighted by atomic mass is 9.98. The van der Waals surface area contributed by atoms with Gasteiger partial charge in [0.2, 0.25) is 0 Å². The number of fused-ring (bicyclic) bond motifs is 1. The minimum Gasteiger partial charge on any atom is -0.497 e. The van der Waals surface area contributed by atoms with E-state index in [0.29, 0.717) is 0 Å². The Balaban J connectivity index is 1.58. The fourth-order valence-corrected chi connectivity index (χ4v) is 3.39. The van der Waals surface area contributed by atoms with Crippen molar-refractivity contribution in [3.63, 3.8) is 0 Å². The van der Waals surface area contributed by atoms with Crippen molar-refractivity contribution in [2.24, 2.45) is 13.0 Å². The highest BCUT2D eigenvalue weighted by Gasteiger charge is 2.12. The lowest BCUT2D eigenvalue weighted by molar-refractivity contribution is 0.358. The molecule has 1 saturated heterocycles. The number of ether oxygens (including phenoxy) is 1. The largest absolute Gasteiger partial charge is 0.497 e. The van der Waals surface area contributed by atoms with Gasteiger partial charge in [-0.1, -0.05) is 0 Å². The van der Waals surface area contributed by atoms with Gasteiger partial charge in [-0.2, -0.15) is 0 Å². The van der Waals surface area contributed by atoms with Gasteiger partial charge in [0.15, 0.2) is 0 Å². The highest BCUT2D eigenvalue weighted by atomic mass is 16.5. The zero-order chi connectivity index (χ0) is 15.4. The molecule has 2 N–H and O–H groups in total. The third-order valence-electron chi connectivity index (χ3n) is 4.74. The summed E-state index contributed by atoms with van der Waals surface area (Å²) in [6.07, 6.45) is 5.92. The van der Waals surface area contributed by atoms with Gasteiger partial charge >= 0.3 is 0 Å². The molecule has 0 bridgehead atoms. The quantitative estimate of drug-likeness (QED) is 0.804. The maximum atomic E-state index is 5.36. The molecular weight excluding hydrogens is 274 g/mol. The molecule has 1 fully saturated rings. The molecule has 0 amide bonds. The molecule has 0 saturated carbocycles. The van der Waals surface area contributed by atoms with Crippen molar-refractivity contribution in [2.45, 2.75) is 19.3 Å². The summed E-state index contributed by atoms with van der Waals surface area (Å²) < 4.78 is 7.57. The zero-order valence-electron chi connectivity index (χ0n) is 13.7. The molecule has 0 unspecified atom stereocenters. The number of hydrogen-bond donors (Lipinski definition) is 2. The van der Waals surface area contributed by atoms with Crippen molar-refractivity contribution in [3.05, 3.63) is 30.0 Å². The maximum Gasteiger partial charge on any atom is 0.119 e. The number of methoxy groups -OCH3 is 1. The molecule has 2 heterocycles. The number of rotatable bonds is 6. The van der Waals surface area contributed by atoms with Gasteiger partial charge in [-0.25, -0.2) is 0 Å². The van der Waals surface area contributed by atoms with Crippen LogP contribution in [0.25, 0.3) is 10.9 Å². The molecule has 0 atom stereocenters. The summed E-state index contributed by atoms with van der Waals surface area (Å²) in [6.45, 7) is 4.54. The van der Waals surface area contributed by atoms with Crippen LogP contribution < -0.4 is 15.4 Å². The SMILES string of the molecule is COc1ccc2c(c1)c(CCNCC1CCNCC1)cn2C. The van der Waals surface area contributed by atoms with Crippen LogP contribution in [0.1, 0.15) is 18.4 Å². The van der Waals surface area contributed by atoms with Crippen LogP contribution in [0.15, 0.2) is 24.4 Å². The second kappa shape index (κ2) is 7.16. The average molecular weight is 301 g/mol. The topological polar surface area (TPSA) is 38.2 Å². The van der Waals surface area contributed by atoms with Crippen LogP contribution in [0, 0.1) is 5.92 Å². The molecule has 4 heteroatoms. The summed E-state index contributed by atoms with van der Waals surface area (Å²) in [5.41, 5.74) is 2.67. The lowest BCUT2D eigenvalue weighted by Gasteiger charge is -2.22. The fourth-order valence-electron chi connectivity index (χ4n) is 3.39. The Morgan fingerprint density at radius 3 is 2.91 bits per heavy atom. The summed E-state index contributed by atoms with van der Waals surface area (Å²) in [6, 6.07) is 6.32. The average Bonchev–Trinajstić information content (AvgIpc) is 2.88. The molecule has 1 aliphatic heterocycles. The van der Waals surface area contributed by atoms with Crippen LogP contribution in [0.4, 0.5) is 0 Å². The number of benzene rings is 1. The molecule has 0 aliphatic carbocycles. The van der Waals surface area contributed by atoms with Crippen molar-refractivity contribution >= 4 is 10.9 Å². The zero-order valence-corrected chi connectivity index (χ0v) is 13.7. The van der Waals surface area contributed by atoms with Crippen molar-refractivity contribution < 1.29 is 4.74 Å². The van der Waals surface area contributed by atoms with Gasteiger partial charge in [0.05, 0.1) is 7.11 Å². The maximum absolute atomic E-state index is 5.36. The highest BCUT2D eigenvalue weighted by Crippen LogP contribution is 2.25. The highest BCUT2D eigenvalue weighted by molar-refractivity contribution is 5.85. The molecular formula is C18H27N3O. The van der Waals surface area contributed by atoms with E-state index in [0.717, 1.165) is 31.2 Å². The molecule has 22 heavy (non-hydrogen) atoms. The minimum absolute atomic E-state index is 0.842. The second-order valence-electron chi connectivity index (χ2n) is 6.30. The smallest absolute Gasteiger partial charge is 0.119 e. The summed E-state index contributed by atoms with van der Waals surface area (Å²) in [5.74, 6) is 1.77. The summed E-state index contributed by atoms with van der Waals surface area (Å²) in [5, 5.41) is 8.37. The second-order valence-corrected chi connectivity index (χ2v) is 6.30. The van der Waals surface area contributed by atoms with E-state index < -0.39 is 0 Å². The van der Waals surface area contributed by atoms with Crippen molar-refractivity contribution in [1.29, 1.82) is 0 Å². The number of nitrogens with zero attached hydrogens (tertiary/aromatic N) is 1. The Bertz CT molecular complexity index is 614. The monoisotopic (exact) mass is 301 g/mol. The number of aryl methyl sites for hydroxylation is 1. The fraction of sp³-hybridized carbons (Fsp3) is 0.556. The standard InChI is InChI=1S/C18H27N3O/c1-21-13-15(17-11-16(22-2)3-4-18(17)21)7-10-20-12-14-5-8-19-9-6-14/h3-4,11,13-14,19-20H,5-10,12H2,1-2H3. The van der Waals surface area contributed by atoms with E-state index in [1.54, 1.807) is 7.11 Å². The Morgan fingerprint density at radius 2 is 2.14 bits per heavy atom. The van der Waals surface area contributed by atoms with Crippen molar-refractivity contribution in [2.75, 3.05) is 33.3 Å². The van der Waals surface area contributed by atoms with Crippen LogP contribution >= 0.6 is 0 Å². The lowest BCUT2D eigenvalue weighted by Crippen LogP contribution is -2.34. The van der Waals surface area contributed by atoms with Crippen molar-refractivity contribution in [3.8, 4) is 5.75 Å². The normalized spacial score (nSPS) is 16.3.